The first-order valence-electron chi connectivity index (χ1n) is 6.49. The average Bonchev–Trinajstić information content (AvgIpc) is 2.41. The van der Waals surface area contributed by atoms with Gasteiger partial charge in [0.05, 0.1) is 12.4 Å². The fourth-order valence-corrected chi connectivity index (χ4v) is 2.87. The minimum absolute atomic E-state index is 0.0610. The molecule has 0 saturated heterocycles. The molecule has 2 N–H and O–H groups in total. The molecule has 0 saturated carbocycles. The van der Waals surface area contributed by atoms with Crippen LogP contribution in [0.2, 0.25) is 0 Å². The molecule has 6 heteroatoms. The summed E-state index contributed by atoms with van der Waals surface area (Å²) in [7, 11) is 1.67. The van der Waals surface area contributed by atoms with Crippen LogP contribution in [0.4, 0.5) is 0 Å². The number of ether oxygens (including phenoxy) is 1. The second-order valence-electron chi connectivity index (χ2n) is 4.29. The van der Waals surface area contributed by atoms with Crippen LogP contribution in [-0.4, -0.2) is 45.0 Å². The molecule has 0 bridgehead atoms. The molecule has 0 heterocycles. The van der Waals surface area contributed by atoms with E-state index in [0.717, 1.165) is 22.5 Å². The Balaban J connectivity index is 2.16. The largest absolute Gasteiger partial charge is 0.383 e. The highest BCUT2D eigenvalue weighted by atomic mass is 79.9. The standard InChI is InChI=1S/C14H21BrN2O2S/c1-11-9-12(15)3-4-13(11)20-10-14(18)17-6-5-16-7-8-19-2/h3-4,9,16H,5-8,10H2,1-2H3,(H,17,18). The molecular formula is C14H21BrN2O2S. The zero-order valence-electron chi connectivity index (χ0n) is 11.9. The average molecular weight is 361 g/mol. The number of hydrogen-bond donors (Lipinski definition) is 2. The van der Waals surface area contributed by atoms with Crippen LogP contribution in [0.15, 0.2) is 27.6 Å². The van der Waals surface area contributed by atoms with Crippen molar-refractivity contribution in [2.75, 3.05) is 39.1 Å². The first-order valence-corrected chi connectivity index (χ1v) is 8.26. The van der Waals surface area contributed by atoms with E-state index in [1.165, 1.54) is 5.56 Å². The van der Waals surface area contributed by atoms with Crippen molar-refractivity contribution in [1.29, 1.82) is 0 Å². The fraction of sp³-hybridized carbons (Fsp3) is 0.500. The number of benzene rings is 1. The molecule has 0 aromatic heterocycles. The number of halogens is 1. The lowest BCUT2D eigenvalue weighted by Gasteiger charge is -2.08. The zero-order chi connectivity index (χ0) is 14.8. The van der Waals surface area contributed by atoms with Crippen molar-refractivity contribution in [3.05, 3.63) is 28.2 Å². The van der Waals surface area contributed by atoms with Gasteiger partial charge in [-0.2, -0.15) is 0 Å². The third kappa shape index (κ3) is 7.28. The van der Waals surface area contributed by atoms with E-state index >= 15 is 0 Å². The van der Waals surface area contributed by atoms with Crippen LogP contribution in [0, 0.1) is 6.92 Å². The van der Waals surface area contributed by atoms with Crippen molar-refractivity contribution in [2.45, 2.75) is 11.8 Å². The van der Waals surface area contributed by atoms with Crippen LogP contribution < -0.4 is 10.6 Å². The third-order valence-electron chi connectivity index (χ3n) is 2.60. The first kappa shape index (κ1) is 17.5. The van der Waals surface area contributed by atoms with E-state index in [-0.39, 0.29) is 5.91 Å². The SMILES string of the molecule is COCCNCCNC(=O)CSc1ccc(Br)cc1C. The van der Waals surface area contributed by atoms with Crippen molar-refractivity contribution >= 4 is 33.6 Å². The van der Waals surface area contributed by atoms with Gasteiger partial charge in [0.25, 0.3) is 0 Å². The number of amides is 1. The van der Waals surface area contributed by atoms with E-state index in [9.17, 15) is 4.79 Å². The molecule has 0 aliphatic rings. The predicted octanol–water partition coefficient (Wildman–Crippen LogP) is 2.20. The van der Waals surface area contributed by atoms with E-state index in [1.54, 1.807) is 18.9 Å². The Labute approximate surface area is 133 Å². The predicted molar refractivity (Wildman–Crippen MR) is 87.4 cm³/mol. The van der Waals surface area contributed by atoms with E-state index < -0.39 is 0 Å². The molecule has 112 valence electrons. The Morgan fingerprint density at radius 2 is 2.15 bits per heavy atom. The molecule has 1 amide bonds. The Kier molecular flexibility index (Phi) is 8.93. The van der Waals surface area contributed by atoms with Crippen molar-refractivity contribution < 1.29 is 9.53 Å². The third-order valence-corrected chi connectivity index (χ3v) is 4.27. The summed E-state index contributed by atoms with van der Waals surface area (Å²) in [6.07, 6.45) is 0. The minimum Gasteiger partial charge on any atom is -0.383 e. The van der Waals surface area contributed by atoms with Crippen LogP contribution in [0.5, 0.6) is 0 Å². The molecular weight excluding hydrogens is 340 g/mol. The molecule has 0 aliphatic heterocycles. The summed E-state index contributed by atoms with van der Waals surface area (Å²) < 4.78 is 5.98. The number of thioether (sulfide) groups is 1. The lowest BCUT2D eigenvalue weighted by Crippen LogP contribution is -2.33. The summed E-state index contributed by atoms with van der Waals surface area (Å²) in [5.41, 5.74) is 1.18. The second-order valence-corrected chi connectivity index (χ2v) is 6.22. The van der Waals surface area contributed by atoms with Gasteiger partial charge in [-0.3, -0.25) is 4.79 Å². The second kappa shape index (κ2) is 10.2. The fourth-order valence-electron chi connectivity index (χ4n) is 1.56. The van der Waals surface area contributed by atoms with Gasteiger partial charge in [-0.25, -0.2) is 0 Å². The number of nitrogens with one attached hydrogen (secondary N) is 2. The van der Waals surface area contributed by atoms with Gasteiger partial charge < -0.3 is 15.4 Å². The Morgan fingerprint density at radius 3 is 2.85 bits per heavy atom. The number of aryl methyl sites for hydroxylation is 1. The number of rotatable bonds is 9. The van der Waals surface area contributed by atoms with Crippen molar-refractivity contribution in [2.24, 2.45) is 0 Å². The summed E-state index contributed by atoms with van der Waals surface area (Å²) >= 11 is 4.99. The molecule has 20 heavy (non-hydrogen) atoms. The maximum absolute atomic E-state index is 11.7. The maximum atomic E-state index is 11.7. The smallest absolute Gasteiger partial charge is 0.230 e. The molecule has 0 atom stereocenters. The van der Waals surface area contributed by atoms with Gasteiger partial charge in [0.1, 0.15) is 0 Å². The Hall–Kier alpha value is -0.560. The molecule has 4 nitrogen and oxygen atoms in total. The normalized spacial score (nSPS) is 10.6. The number of methoxy groups -OCH3 is 1. The minimum atomic E-state index is 0.0610. The van der Waals surface area contributed by atoms with Gasteiger partial charge in [0.2, 0.25) is 5.91 Å². The van der Waals surface area contributed by atoms with Gasteiger partial charge in [-0.1, -0.05) is 15.9 Å². The van der Waals surface area contributed by atoms with Crippen LogP contribution in [0.3, 0.4) is 0 Å². The van der Waals surface area contributed by atoms with Gasteiger partial charge in [0.15, 0.2) is 0 Å². The van der Waals surface area contributed by atoms with E-state index in [4.69, 9.17) is 4.74 Å². The lowest BCUT2D eigenvalue weighted by atomic mass is 10.2. The van der Waals surface area contributed by atoms with E-state index in [1.807, 2.05) is 19.1 Å². The topological polar surface area (TPSA) is 50.4 Å². The van der Waals surface area contributed by atoms with Crippen molar-refractivity contribution in [3.63, 3.8) is 0 Å². The van der Waals surface area contributed by atoms with Crippen LogP contribution in [0.25, 0.3) is 0 Å². The van der Waals surface area contributed by atoms with Gasteiger partial charge in [0, 0.05) is 36.1 Å². The van der Waals surface area contributed by atoms with Gasteiger partial charge in [-0.15, -0.1) is 11.8 Å². The number of hydrogen-bond acceptors (Lipinski definition) is 4. The summed E-state index contributed by atoms with van der Waals surface area (Å²) in [6, 6.07) is 6.08. The Bertz CT molecular complexity index is 430. The monoisotopic (exact) mass is 360 g/mol. The van der Waals surface area contributed by atoms with Gasteiger partial charge in [-0.05, 0) is 30.7 Å². The number of carbonyl (C=O) groups excluding carboxylic acids is 1. The molecule has 1 rings (SSSR count). The molecule has 0 unspecified atom stereocenters. The molecule has 1 aromatic carbocycles. The highest BCUT2D eigenvalue weighted by molar-refractivity contribution is 9.10. The molecule has 0 radical (unpaired) electrons. The molecule has 0 spiro atoms. The highest BCUT2D eigenvalue weighted by Gasteiger charge is 2.04. The van der Waals surface area contributed by atoms with Crippen molar-refractivity contribution in [1.82, 2.24) is 10.6 Å². The van der Waals surface area contributed by atoms with E-state index in [0.29, 0.717) is 18.9 Å². The molecule has 1 aromatic rings. The Morgan fingerprint density at radius 1 is 1.35 bits per heavy atom. The zero-order valence-corrected chi connectivity index (χ0v) is 14.3. The number of carbonyl (C=O) groups is 1. The summed E-state index contributed by atoms with van der Waals surface area (Å²) in [5.74, 6) is 0.506. The molecule has 0 aliphatic carbocycles. The maximum Gasteiger partial charge on any atom is 0.230 e. The van der Waals surface area contributed by atoms with Gasteiger partial charge >= 0.3 is 0 Å². The highest BCUT2D eigenvalue weighted by Crippen LogP contribution is 2.24. The first-order chi connectivity index (χ1) is 9.63. The van der Waals surface area contributed by atoms with E-state index in [2.05, 4.69) is 32.6 Å². The van der Waals surface area contributed by atoms with Crippen molar-refractivity contribution in [3.8, 4) is 0 Å². The summed E-state index contributed by atoms with van der Waals surface area (Å²) in [4.78, 5) is 12.8. The van der Waals surface area contributed by atoms with Crippen LogP contribution >= 0.6 is 27.7 Å². The quantitative estimate of drug-likeness (QED) is 0.523. The lowest BCUT2D eigenvalue weighted by molar-refractivity contribution is -0.118. The van der Waals surface area contributed by atoms with Crippen LogP contribution in [-0.2, 0) is 9.53 Å². The van der Waals surface area contributed by atoms with Crippen LogP contribution in [0.1, 0.15) is 5.56 Å². The molecule has 0 fully saturated rings. The summed E-state index contributed by atoms with van der Waals surface area (Å²) in [5, 5.41) is 6.07. The summed E-state index contributed by atoms with van der Waals surface area (Å²) in [6.45, 7) is 4.94.